The second-order valence-electron chi connectivity index (χ2n) is 17.0. The largest absolute Gasteiger partial charge is 0.457 e. The van der Waals surface area contributed by atoms with Gasteiger partial charge in [0.2, 0.25) is 0 Å². The molecule has 1 aliphatic heterocycles. The van der Waals surface area contributed by atoms with Gasteiger partial charge in [0.1, 0.15) is 11.5 Å². The molecular formula is C60H35N3OS. The van der Waals surface area contributed by atoms with E-state index >= 15 is 0 Å². The van der Waals surface area contributed by atoms with Gasteiger partial charge in [-0.1, -0.05) is 170 Å². The number of pyridine rings is 1. The van der Waals surface area contributed by atoms with E-state index < -0.39 is 5.41 Å². The van der Waals surface area contributed by atoms with E-state index in [0.29, 0.717) is 5.82 Å². The zero-order chi connectivity index (χ0) is 42.6. The highest BCUT2D eigenvalue weighted by Crippen LogP contribution is 2.63. The molecule has 5 heteroatoms. The van der Waals surface area contributed by atoms with Crippen molar-refractivity contribution in [2.45, 2.75) is 5.41 Å². The lowest BCUT2D eigenvalue weighted by molar-refractivity contribution is 0.436. The van der Waals surface area contributed by atoms with Crippen LogP contribution < -0.4 is 4.74 Å². The number of rotatable bonds is 4. The van der Waals surface area contributed by atoms with E-state index in [-0.39, 0.29) is 0 Å². The summed E-state index contributed by atoms with van der Waals surface area (Å²) in [6, 6.07) is 75.8. The summed E-state index contributed by atoms with van der Waals surface area (Å²) in [6.07, 6.45) is 0. The van der Waals surface area contributed by atoms with Crippen LogP contribution in [-0.4, -0.2) is 15.0 Å². The number of fused-ring (bicyclic) bond motifs is 15. The summed E-state index contributed by atoms with van der Waals surface area (Å²) >= 11 is 1.82. The highest BCUT2D eigenvalue weighted by Gasteiger charge is 2.51. The molecule has 12 aromatic rings. The van der Waals surface area contributed by atoms with Gasteiger partial charge in [-0.15, -0.1) is 11.3 Å². The number of aromatic nitrogens is 3. The molecule has 9 aromatic carbocycles. The third-order valence-corrected chi connectivity index (χ3v) is 14.8. The van der Waals surface area contributed by atoms with Crippen LogP contribution >= 0.6 is 11.3 Å². The van der Waals surface area contributed by atoms with Crippen molar-refractivity contribution in [3.63, 3.8) is 0 Å². The topological polar surface area (TPSA) is 47.9 Å². The van der Waals surface area contributed by atoms with Crippen LogP contribution in [-0.2, 0) is 5.41 Å². The molecule has 4 heterocycles. The van der Waals surface area contributed by atoms with Gasteiger partial charge in [-0.2, -0.15) is 0 Å². The van der Waals surface area contributed by atoms with Crippen LogP contribution in [0.4, 0.5) is 0 Å². The summed E-state index contributed by atoms with van der Waals surface area (Å²) in [7, 11) is 0. The van der Waals surface area contributed by atoms with Gasteiger partial charge < -0.3 is 4.74 Å². The number of thiophene rings is 1. The highest BCUT2D eigenvalue weighted by molar-refractivity contribution is 7.26. The number of para-hydroxylation sites is 2. The summed E-state index contributed by atoms with van der Waals surface area (Å²) in [5.74, 6) is 2.45. The third-order valence-electron chi connectivity index (χ3n) is 13.5. The Morgan fingerprint density at radius 3 is 1.82 bits per heavy atom. The van der Waals surface area contributed by atoms with Crippen molar-refractivity contribution in [3.05, 3.63) is 235 Å². The molecule has 0 amide bonds. The Morgan fingerprint density at radius 2 is 1.02 bits per heavy atom. The summed E-state index contributed by atoms with van der Waals surface area (Å²) < 4.78 is 9.16. The molecule has 0 N–H and O–H groups in total. The van der Waals surface area contributed by atoms with Crippen LogP contribution in [0.2, 0.25) is 0 Å². The van der Waals surface area contributed by atoms with E-state index in [2.05, 4.69) is 194 Å². The Morgan fingerprint density at radius 1 is 0.369 bits per heavy atom. The van der Waals surface area contributed by atoms with E-state index in [1.54, 1.807) is 0 Å². The average molecular weight is 846 g/mol. The fraction of sp³-hybridized carbons (Fsp3) is 0.0167. The van der Waals surface area contributed by atoms with Gasteiger partial charge in [-0.25, -0.2) is 15.0 Å². The number of nitrogens with zero attached hydrogens (tertiary/aromatic N) is 3. The van der Waals surface area contributed by atoms with Crippen LogP contribution in [0.5, 0.6) is 11.5 Å². The first-order valence-electron chi connectivity index (χ1n) is 22.0. The highest BCUT2D eigenvalue weighted by atomic mass is 32.1. The molecule has 0 radical (unpaired) electrons. The molecule has 0 bridgehead atoms. The van der Waals surface area contributed by atoms with Crippen LogP contribution in [0.25, 0.3) is 98.1 Å². The standard InChI is InChI=1S/C60H35N3OS/c1-3-16-36(17-4-1)57-46-33-45-39-20-7-9-24-47(39)60(48-25-10-12-27-54(48)64-55-28-13-11-26-49(55)60)50(45)34-44(46)40-31-30-38(32-52(40)61-57)51-35-53(63-59(62-51)37-18-5-2-6-19-37)43-23-15-22-42-41-21-8-14-29-56(41)65-58(42)43/h1-35H. The molecule has 302 valence electrons. The van der Waals surface area contributed by atoms with Gasteiger partial charge in [-0.05, 0) is 70.1 Å². The molecule has 2 aliphatic rings. The molecule has 0 saturated carbocycles. The molecule has 14 rings (SSSR count). The Labute approximate surface area is 378 Å². The molecular weight excluding hydrogens is 811 g/mol. The van der Waals surface area contributed by atoms with Crippen molar-refractivity contribution in [3.8, 4) is 67.8 Å². The van der Waals surface area contributed by atoms with Crippen molar-refractivity contribution in [1.82, 2.24) is 15.0 Å². The summed E-state index contributed by atoms with van der Waals surface area (Å²) in [6.45, 7) is 0. The summed E-state index contributed by atoms with van der Waals surface area (Å²) in [5.41, 5.74) is 14.3. The maximum Gasteiger partial charge on any atom is 0.160 e. The number of hydrogen-bond acceptors (Lipinski definition) is 5. The monoisotopic (exact) mass is 845 g/mol. The second kappa shape index (κ2) is 13.9. The first-order chi connectivity index (χ1) is 32.2. The molecule has 1 spiro atoms. The predicted molar refractivity (Wildman–Crippen MR) is 267 cm³/mol. The van der Waals surface area contributed by atoms with Crippen molar-refractivity contribution in [2.24, 2.45) is 0 Å². The SMILES string of the molecule is c1ccc(-c2nc(-c3ccc4c(c3)nc(-c3ccccc3)c3cc5c(cc34)C3(c4ccccc4Oc4ccccc43)c3ccccc3-5)cc(-c3cccc4c3sc3ccccc34)n2)cc1. The molecule has 65 heavy (non-hydrogen) atoms. The molecule has 0 atom stereocenters. The lowest BCUT2D eigenvalue weighted by Crippen LogP contribution is -2.32. The number of benzene rings is 9. The van der Waals surface area contributed by atoms with Crippen molar-refractivity contribution >= 4 is 53.2 Å². The van der Waals surface area contributed by atoms with Gasteiger partial charge >= 0.3 is 0 Å². The number of hydrogen-bond donors (Lipinski definition) is 0. The van der Waals surface area contributed by atoms with Gasteiger partial charge in [0.05, 0.1) is 28.0 Å². The van der Waals surface area contributed by atoms with E-state index in [1.165, 1.54) is 42.4 Å². The maximum absolute atomic E-state index is 6.67. The second-order valence-corrected chi connectivity index (χ2v) is 18.1. The van der Waals surface area contributed by atoms with E-state index in [0.717, 1.165) is 83.6 Å². The van der Waals surface area contributed by atoms with E-state index in [1.807, 2.05) is 29.5 Å². The normalized spacial score (nSPS) is 13.2. The molecule has 0 unspecified atom stereocenters. The maximum atomic E-state index is 6.67. The van der Waals surface area contributed by atoms with Crippen LogP contribution in [0.15, 0.2) is 212 Å². The summed E-state index contributed by atoms with van der Waals surface area (Å²) in [4.78, 5) is 16.1. The molecule has 3 aromatic heterocycles. The number of ether oxygens (including phenoxy) is 1. The van der Waals surface area contributed by atoms with Crippen molar-refractivity contribution < 1.29 is 4.74 Å². The lowest BCUT2D eigenvalue weighted by Gasteiger charge is -2.39. The molecule has 0 saturated heterocycles. The summed E-state index contributed by atoms with van der Waals surface area (Å²) in [5, 5.41) is 5.85. The minimum atomic E-state index is -0.587. The van der Waals surface area contributed by atoms with Gasteiger partial charge in [0.15, 0.2) is 5.82 Å². The third kappa shape index (κ3) is 5.27. The van der Waals surface area contributed by atoms with Crippen LogP contribution in [0.1, 0.15) is 22.3 Å². The van der Waals surface area contributed by atoms with Gasteiger partial charge in [-0.3, -0.25) is 0 Å². The van der Waals surface area contributed by atoms with Crippen LogP contribution in [0, 0.1) is 0 Å². The van der Waals surface area contributed by atoms with Crippen LogP contribution in [0.3, 0.4) is 0 Å². The Kier molecular flexibility index (Phi) is 7.74. The lowest BCUT2D eigenvalue weighted by atomic mass is 9.66. The minimum Gasteiger partial charge on any atom is -0.457 e. The molecule has 4 nitrogen and oxygen atoms in total. The smallest absolute Gasteiger partial charge is 0.160 e. The van der Waals surface area contributed by atoms with Crippen molar-refractivity contribution in [1.29, 1.82) is 0 Å². The molecule has 0 fully saturated rings. The first-order valence-corrected chi connectivity index (χ1v) is 22.8. The van der Waals surface area contributed by atoms with Crippen molar-refractivity contribution in [2.75, 3.05) is 0 Å². The zero-order valence-corrected chi connectivity index (χ0v) is 35.7. The average Bonchev–Trinajstić information content (AvgIpc) is 3.89. The van der Waals surface area contributed by atoms with Gasteiger partial charge in [0, 0.05) is 64.3 Å². The quantitative estimate of drug-likeness (QED) is 0.166. The Bertz CT molecular complexity index is 3890. The Balaban J connectivity index is 1.03. The zero-order valence-electron chi connectivity index (χ0n) is 34.9. The molecule has 1 aliphatic carbocycles. The fourth-order valence-electron chi connectivity index (χ4n) is 10.7. The van der Waals surface area contributed by atoms with Gasteiger partial charge in [0.25, 0.3) is 0 Å². The van der Waals surface area contributed by atoms with E-state index in [4.69, 9.17) is 19.7 Å². The minimum absolute atomic E-state index is 0.587. The fourth-order valence-corrected chi connectivity index (χ4v) is 11.9. The Hall–Kier alpha value is -8.25. The first kappa shape index (κ1) is 36.3. The van der Waals surface area contributed by atoms with E-state index in [9.17, 15) is 0 Å². The predicted octanol–water partition coefficient (Wildman–Crippen LogP) is 15.7.